The van der Waals surface area contributed by atoms with Gasteiger partial charge in [-0.3, -0.25) is 0 Å². The number of anilines is 1. The molecule has 0 heterocycles. The molecule has 0 aromatic heterocycles. The van der Waals surface area contributed by atoms with E-state index in [1.807, 2.05) is 37.2 Å². The number of para-hydroxylation sites is 1. The van der Waals surface area contributed by atoms with Crippen LogP contribution >= 0.6 is 0 Å². The summed E-state index contributed by atoms with van der Waals surface area (Å²) in [4.78, 5) is 2.03. The van der Waals surface area contributed by atoms with Crippen LogP contribution in [-0.2, 0) is 0 Å². The lowest BCUT2D eigenvalue weighted by atomic mass is 10.2. The van der Waals surface area contributed by atoms with Gasteiger partial charge in [-0.1, -0.05) is 6.07 Å². The first kappa shape index (κ1) is 10.1. The van der Waals surface area contributed by atoms with Crippen molar-refractivity contribution in [2.75, 3.05) is 26.1 Å². The van der Waals surface area contributed by atoms with E-state index in [-0.39, 0.29) is 0 Å². The zero-order valence-electron chi connectivity index (χ0n) is 9.49. The number of nitrogens with zero attached hydrogens (tertiary/aromatic N) is 1. The molecule has 0 amide bonds. The van der Waals surface area contributed by atoms with Gasteiger partial charge in [0.15, 0.2) is 11.5 Å². The fourth-order valence-electron chi connectivity index (χ4n) is 1.52. The molecule has 0 radical (unpaired) electrons. The minimum absolute atomic E-state index is 0.399. The van der Waals surface area contributed by atoms with E-state index in [2.05, 4.69) is 0 Å². The second kappa shape index (κ2) is 4.01. The van der Waals surface area contributed by atoms with Crippen molar-refractivity contribution in [1.82, 2.24) is 0 Å². The van der Waals surface area contributed by atoms with E-state index in [0.717, 1.165) is 30.0 Å². The summed E-state index contributed by atoms with van der Waals surface area (Å²) < 4.78 is 11.2. The van der Waals surface area contributed by atoms with Crippen LogP contribution in [0.15, 0.2) is 18.2 Å². The first-order valence-corrected chi connectivity index (χ1v) is 5.23. The number of hydrogen-bond donors (Lipinski definition) is 0. The van der Waals surface area contributed by atoms with Crippen LogP contribution in [0.2, 0.25) is 0 Å². The zero-order chi connectivity index (χ0) is 10.8. The van der Waals surface area contributed by atoms with Gasteiger partial charge in [-0.15, -0.1) is 0 Å². The molecule has 1 aliphatic carbocycles. The van der Waals surface area contributed by atoms with Crippen molar-refractivity contribution in [3.8, 4) is 11.5 Å². The summed E-state index contributed by atoms with van der Waals surface area (Å²) in [6.07, 6.45) is 2.72. The highest BCUT2D eigenvalue weighted by Gasteiger charge is 2.25. The predicted octanol–water partition coefficient (Wildman–Crippen LogP) is 2.30. The largest absolute Gasteiger partial charge is 0.491 e. The quantitative estimate of drug-likeness (QED) is 0.756. The predicted molar refractivity (Wildman–Crippen MR) is 61.0 cm³/mol. The third-order valence-corrected chi connectivity index (χ3v) is 2.46. The van der Waals surface area contributed by atoms with Gasteiger partial charge >= 0.3 is 0 Å². The Morgan fingerprint density at radius 2 is 2.00 bits per heavy atom. The van der Waals surface area contributed by atoms with Crippen molar-refractivity contribution >= 4 is 5.69 Å². The summed E-state index contributed by atoms with van der Waals surface area (Å²) in [5.41, 5.74) is 1.05. The molecule has 1 fully saturated rings. The van der Waals surface area contributed by atoms with E-state index in [1.165, 1.54) is 0 Å². The van der Waals surface area contributed by atoms with E-state index in [4.69, 9.17) is 9.47 Å². The van der Waals surface area contributed by atoms with Gasteiger partial charge in [0, 0.05) is 14.1 Å². The molecule has 0 N–H and O–H groups in total. The van der Waals surface area contributed by atoms with Crippen molar-refractivity contribution in [2.24, 2.45) is 0 Å². The summed E-state index contributed by atoms with van der Waals surface area (Å²) >= 11 is 0. The van der Waals surface area contributed by atoms with Crippen LogP contribution in [0.4, 0.5) is 5.69 Å². The summed E-state index contributed by atoms with van der Waals surface area (Å²) in [5.74, 6) is 1.68. The minimum Gasteiger partial charge on any atom is -0.491 e. The van der Waals surface area contributed by atoms with Gasteiger partial charge in [-0.05, 0) is 25.0 Å². The molecule has 1 saturated carbocycles. The Hall–Kier alpha value is -1.38. The Morgan fingerprint density at radius 1 is 1.27 bits per heavy atom. The average Bonchev–Trinajstić information content (AvgIpc) is 3.01. The van der Waals surface area contributed by atoms with Crippen molar-refractivity contribution in [3.05, 3.63) is 18.2 Å². The van der Waals surface area contributed by atoms with Crippen LogP contribution in [0.3, 0.4) is 0 Å². The molecular weight excluding hydrogens is 190 g/mol. The van der Waals surface area contributed by atoms with Crippen LogP contribution < -0.4 is 14.4 Å². The topological polar surface area (TPSA) is 21.7 Å². The summed E-state index contributed by atoms with van der Waals surface area (Å²) in [6.45, 7) is 0. The molecule has 0 bridgehead atoms. The fraction of sp³-hybridized carbons (Fsp3) is 0.500. The molecule has 1 aromatic carbocycles. The summed E-state index contributed by atoms with van der Waals surface area (Å²) in [6, 6.07) is 5.98. The molecule has 15 heavy (non-hydrogen) atoms. The van der Waals surface area contributed by atoms with Crippen molar-refractivity contribution in [1.29, 1.82) is 0 Å². The van der Waals surface area contributed by atoms with Gasteiger partial charge in [0.25, 0.3) is 0 Å². The SMILES string of the molecule is COc1c(OC2CC2)cccc1N(C)C. The van der Waals surface area contributed by atoms with Crippen molar-refractivity contribution in [3.63, 3.8) is 0 Å². The highest BCUT2D eigenvalue weighted by molar-refractivity contribution is 5.64. The Kier molecular flexibility index (Phi) is 2.71. The van der Waals surface area contributed by atoms with Gasteiger partial charge in [-0.25, -0.2) is 0 Å². The standard InChI is InChI=1S/C12H17NO2/c1-13(2)10-5-4-6-11(12(10)14-3)15-9-7-8-9/h4-6,9H,7-8H2,1-3H3. The minimum atomic E-state index is 0.399. The lowest BCUT2D eigenvalue weighted by Crippen LogP contribution is -2.11. The molecular formula is C12H17NO2. The third kappa shape index (κ3) is 2.17. The fourth-order valence-corrected chi connectivity index (χ4v) is 1.52. The van der Waals surface area contributed by atoms with E-state index < -0.39 is 0 Å². The maximum absolute atomic E-state index is 5.79. The number of methoxy groups -OCH3 is 1. The third-order valence-electron chi connectivity index (χ3n) is 2.46. The summed E-state index contributed by atoms with van der Waals surface area (Å²) in [5, 5.41) is 0. The number of hydrogen-bond acceptors (Lipinski definition) is 3. The normalized spacial score (nSPS) is 14.9. The smallest absolute Gasteiger partial charge is 0.184 e. The Balaban J connectivity index is 2.30. The Morgan fingerprint density at radius 3 is 2.53 bits per heavy atom. The number of rotatable bonds is 4. The monoisotopic (exact) mass is 207 g/mol. The van der Waals surface area contributed by atoms with Crippen molar-refractivity contribution < 1.29 is 9.47 Å². The van der Waals surface area contributed by atoms with Crippen LogP contribution in [0.25, 0.3) is 0 Å². The van der Waals surface area contributed by atoms with Crippen molar-refractivity contribution in [2.45, 2.75) is 18.9 Å². The van der Waals surface area contributed by atoms with E-state index in [9.17, 15) is 0 Å². The average molecular weight is 207 g/mol. The molecule has 1 aromatic rings. The first-order chi connectivity index (χ1) is 7.22. The maximum Gasteiger partial charge on any atom is 0.184 e. The second-order valence-corrected chi connectivity index (χ2v) is 4.02. The molecule has 0 atom stereocenters. The highest BCUT2D eigenvalue weighted by atomic mass is 16.5. The molecule has 0 unspecified atom stereocenters. The van der Waals surface area contributed by atoms with Crippen LogP contribution in [0.5, 0.6) is 11.5 Å². The van der Waals surface area contributed by atoms with Gasteiger partial charge in [0.2, 0.25) is 0 Å². The molecule has 0 aliphatic heterocycles. The Bertz CT molecular complexity index is 345. The van der Waals surface area contributed by atoms with Gasteiger partial charge in [0.1, 0.15) is 0 Å². The lowest BCUT2D eigenvalue weighted by molar-refractivity contribution is 0.282. The molecule has 2 rings (SSSR count). The molecule has 3 heteroatoms. The van der Waals surface area contributed by atoms with E-state index >= 15 is 0 Å². The second-order valence-electron chi connectivity index (χ2n) is 4.02. The van der Waals surface area contributed by atoms with Gasteiger partial charge in [-0.2, -0.15) is 0 Å². The molecule has 3 nitrogen and oxygen atoms in total. The van der Waals surface area contributed by atoms with Gasteiger partial charge < -0.3 is 14.4 Å². The lowest BCUT2D eigenvalue weighted by Gasteiger charge is -2.19. The van der Waals surface area contributed by atoms with E-state index in [1.54, 1.807) is 7.11 Å². The van der Waals surface area contributed by atoms with Crippen LogP contribution in [0.1, 0.15) is 12.8 Å². The summed E-state index contributed by atoms with van der Waals surface area (Å²) in [7, 11) is 5.68. The van der Waals surface area contributed by atoms with E-state index in [0.29, 0.717) is 6.10 Å². The number of ether oxygens (including phenoxy) is 2. The highest BCUT2D eigenvalue weighted by Crippen LogP contribution is 2.39. The molecule has 0 spiro atoms. The maximum atomic E-state index is 5.79. The zero-order valence-corrected chi connectivity index (χ0v) is 9.49. The molecule has 1 aliphatic rings. The molecule has 82 valence electrons. The Labute approximate surface area is 90.6 Å². The first-order valence-electron chi connectivity index (χ1n) is 5.23. The van der Waals surface area contributed by atoms with Crippen LogP contribution in [-0.4, -0.2) is 27.3 Å². The number of benzene rings is 1. The van der Waals surface area contributed by atoms with Crippen LogP contribution in [0, 0.1) is 0 Å². The molecule has 0 saturated heterocycles. The van der Waals surface area contributed by atoms with Gasteiger partial charge in [0.05, 0.1) is 18.9 Å².